The van der Waals surface area contributed by atoms with Gasteiger partial charge in [-0.1, -0.05) is 0 Å². The minimum atomic E-state index is 0.235. The topological polar surface area (TPSA) is 61.0 Å². The highest BCUT2D eigenvalue weighted by atomic mass is 79.9. The molecule has 5 heteroatoms. The number of halogens is 1. The van der Waals surface area contributed by atoms with Gasteiger partial charge in [0.15, 0.2) is 0 Å². The summed E-state index contributed by atoms with van der Waals surface area (Å²) in [5, 5.41) is 0. The van der Waals surface area contributed by atoms with Crippen LogP contribution in [-0.2, 0) is 0 Å². The van der Waals surface area contributed by atoms with E-state index in [1.807, 2.05) is 13.8 Å². The molecular weight excluding hydrogens is 222 g/mol. The molecule has 0 bridgehead atoms. The first kappa shape index (κ1) is 9.25. The molecule has 12 heavy (non-hydrogen) atoms. The van der Waals surface area contributed by atoms with Gasteiger partial charge >= 0.3 is 0 Å². The average molecular weight is 232 g/mol. The van der Waals surface area contributed by atoms with Gasteiger partial charge in [0.1, 0.15) is 4.47 Å². The summed E-state index contributed by atoms with van der Waals surface area (Å²) in [5.41, 5.74) is 6.22. The second kappa shape index (κ2) is 3.71. The molecule has 66 valence electrons. The van der Waals surface area contributed by atoms with Gasteiger partial charge in [-0.05, 0) is 29.8 Å². The summed E-state index contributed by atoms with van der Waals surface area (Å²) < 4.78 is 5.98. The standard InChI is InChI=1S/C7H10BrN3O/c1-3-12-6-5(8)4(2)10-7(9)11-6/h3H2,1-2H3,(H2,9,10,11). The Morgan fingerprint density at radius 1 is 1.50 bits per heavy atom. The highest BCUT2D eigenvalue weighted by Gasteiger charge is 2.07. The first-order chi connectivity index (χ1) is 5.65. The number of rotatable bonds is 2. The van der Waals surface area contributed by atoms with Crippen molar-refractivity contribution >= 4 is 21.9 Å². The Kier molecular flexibility index (Phi) is 2.86. The molecule has 0 saturated carbocycles. The molecule has 0 unspecified atom stereocenters. The molecule has 0 aliphatic carbocycles. The third-order valence-electron chi connectivity index (χ3n) is 1.28. The molecule has 1 aromatic heterocycles. The highest BCUT2D eigenvalue weighted by Crippen LogP contribution is 2.25. The Morgan fingerprint density at radius 2 is 2.17 bits per heavy atom. The van der Waals surface area contributed by atoms with Gasteiger partial charge in [-0.25, -0.2) is 4.98 Å². The van der Waals surface area contributed by atoms with Gasteiger partial charge in [0.2, 0.25) is 11.8 Å². The predicted molar refractivity (Wildman–Crippen MR) is 50.1 cm³/mol. The Hall–Kier alpha value is -0.840. The van der Waals surface area contributed by atoms with Crippen molar-refractivity contribution in [2.45, 2.75) is 13.8 Å². The van der Waals surface area contributed by atoms with Gasteiger partial charge in [0, 0.05) is 0 Å². The fraction of sp³-hybridized carbons (Fsp3) is 0.429. The lowest BCUT2D eigenvalue weighted by atomic mass is 10.4. The number of nitrogen functional groups attached to an aromatic ring is 1. The Morgan fingerprint density at radius 3 is 2.75 bits per heavy atom. The van der Waals surface area contributed by atoms with Gasteiger partial charge < -0.3 is 10.5 Å². The number of nitrogens with zero attached hydrogens (tertiary/aromatic N) is 2. The predicted octanol–water partition coefficient (Wildman–Crippen LogP) is 1.53. The van der Waals surface area contributed by atoms with Crippen molar-refractivity contribution in [1.82, 2.24) is 9.97 Å². The third kappa shape index (κ3) is 1.85. The van der Waals surface area contributed by atoms with Crippen molar-refractivity contribution in [3.8, 4) is 5.88 Å². The molecular formula is C7H10BrN3O. The fourth-order valence-corrected chi connectivity index (χ4v) is 1.08. The summed E-state index contributed by atoms with van der Waals surface area (Å²) in [6, 6.07) is 0. The quantitative estimate of drug-likeness (QED) is 0.839. The first-order valence-corrected chi connectivity index (χ1v) is 4.36. The van der Waals surface area contributed by atoms with E-state index >= 15 is 0 Å². The summed E-state index contributed by atoms with van der Waals surface area (Å²) >= 11 is 3.31. The van der Waals surface area contributed by atoms with E-state index in [9.17, 15) is 0 Å². The molecule has 0 amide bonds. The fourth-order valence-electron chi connectivity index (χ4n) is 0.786. The maximum Gasteiger partial charge on any atom is 0.233 e. The molecule has 0 atom stereocenters. The van der Waals surface area contributed by atoms with E-state index in [0.717, 1.165) is 10.2 Å². The van der Waals surface area contributed by atoms with E-state index in [-0.39, 0.29) is 5.95 Å². The Balaban J connectivity index is 3.09. The van der Waals surface area contributed by atoms with E-state index in [0.29, 0.717) is 12.5 Å². The van der Waals surface area contributed by atoms with Crippen LogP contribution in [0.3, 0.4) is 0 Å². The molecule has 1 aromatic rings. The van der Waals surface area contributed by atoms with Gasteiger partial charge in [-0.3, -0.25) is 0 Å². The minimum Gasteiger partial charge on any atom is -0.477 e. The second-order valence-electron chi connectivity index (χ2n) is 2.22. The summed E-state index contributed by atoms with van der Waals surface area (Å²) in [7, 11) is 0. The number of ether oxygens (including phenoxy) is 1. The molecule has 0 aliphatic rings. The number of hydrogen-bond acceptors (Lipinski definition) is 4. The first-order valence-electron chi connectivity index (χ1n) is 3.57. The summed E-state index contributed by atoms with van der Waals surface area (Å²) in [5.74, 6) is 0.738. The maximum atomic E-state index is 5.44. The monoisotopic (exact) mass is 231 g/mol. The van der Waals surface area contributed by atoms with Crippen molar-refractivity contribution in [2.75, 3.05) is 12.3 Å². The van der Waals surface area contributed by atoms with Crippen LogP contribution in [0.4, 0.5) is 5.95 Å². The molecule has 1 rings (SSSR count). The van der Waals surface area contributed by atoms with E-state index in [1.54, 1.807) is 0 Å². The molecule has 0 fully saturated rings. The van der Waals surface area contributed by atoms with Gasteiger partial charge in [-0.2, -0.15) is 4.98 Å². The second-order valence-corrected chi connectivity index (χ2v) is 3.01. The SMILES string of the molecule is CCOc1nc(N)nc(C)c1Br. The number of aromatic nitrogens is 2. The number of anilines is 1. The van der Waals surface area contributed by atoms with Crippen LogP contribution in [0.5, 0.6) is 5.88 Å². The van der Waals surface area contributed by atoms with Crippen LogP contribution < -0.4 is 10.5 Å². The van der Waals surface area contributed by atoms with Crippen molar-refractivity contribution in [2.24, 2.45) is 0 Å². The van der Waals surface area contributed by atoms with E-state index in [2.05, 4.69) is 25.9 Å². The maximum absolute atomic E-state index is 5.44. The molecule has 0 spiro atoms. The van der Waals surface area contributed by atoms with Gasteiger partial charge in [0.25, 0.3) is 0 Å². The lowest BCUT2D eigenvalue weighted by Crippen LogP contribution is -2.02. The number of hydrogen-bond donors (Lipinski definition) is 1. The van der Waals surface area contributed by atoms with Crippen molar-refractivity contribution < 1.29 is 4.74 Å². The lowest BCUT2D eigenvalue weighted by molar-refractivity contribution is 0.324. The Bertz CT molecular complexity index is 290. The molecule has 2 N–H and O–H groups in total. The molecule has 0 radical (unpaired) electrons. The largest absolute Gasteiger partial charge is 0.477 e. The molecule has 4 nitrogen and oxygen atoms in total. The molecule has 0 saturated heterocycles. The smallest absolute Gasteiger partial charge is 0.233 e. The van der Waals surface area contributed by atoms with E-state index in [1.165, 1.54) is 0 Å². The lowest BCUT2D eigenvalue weighted by Gasteiger charge is -2.06. The normalized spacial score (nSPS) is 9.92. The van der Waals surface area contributed by atoms with Crippen molar-refractivity contribution in [3.05, 3.63) is 10.2 Å². The van der Waals surface area contributed by atoms with Crippen LogP contribution in [0.2, 0.25) is 0 Å². The zero-order valence-electron chi connectivity index (χ0n) is 6.97. The van der Waals surface area contributed by atoms with Gasteiger partial charge in [0.05, 0.1) is 12.3 Å². The van der Waals surface area contributed by atoms with Gasteiger partial charge in [-0.15, -0.1) is 0 Å². The molecule has 1 heterocycles. The van der Waals surface area contributed by atoms with Crippen molar-refractivity contribution in [3.63, 3.8) is 0 Å². The van der Waals surface area contributed by atoms with Crippen molar-refractivity contribution in [1.29, 1.82) is 0 Å². The van der Waals surface area contributed by atoms with Crippen LogP contribution in [-0.4, -0.2) is 16.6 Å². The molecule has 0 aliphatic heterocycles. The third-order valence-corrected chi connectivity index (χ3v) is 2.20. The van der Waals surface area contributed by atoms with Crippen LogP contribution in [0.1, 0.15) is 12.6 Å². The van der Waals surface area contributed by atoms with E-state index < -0.39 is 0 Å². The summed E-state index contributed by atoms with van der Waals surface area (Å²) in [6.45, 7) is 4.29. The van der Waals surface area contributed by atoms with Crippen LogP contribution in [0, 0.1) is 6.92 Å². The zero-order valence-corrected chi connectivity index (χ0v) is 8.55. The Labute approximate surface area is 79.3 Å². The van der Waals surface area contributed by atoms with Crippen LogP contribution in [0.25, 0.3) is 0 Å². The zero-order chi connectivity index (χ0) is 9.14. The minimum absolute atomic E-state index is 0.235. The van der Waals surface area contributed by atoms with Crippen LogP contribution >= 0.6 is 15.9 Å². The number of nitrogens with two attached hydrogens (primary N) is 1. The average Bonchev–Trinajstić information content (AvgIpc) is 2.00. The number of aryl methyl sites for hydroxylation is 1. The summed E-state index contributed by atoms with van der Waals surface area (Å²) in [6.07, 6.45) is 0. The summed E-state index contributed by atoms with van der Waals surface area (Å²) in [4.78, 5) is 7.88. The highest BCUT2D eigenvalue weighted by molar-refractivity contribution is 9.10. The molecule has 0 aromatic carbocycles. The van der Waals surface area contributed by atoms with Crippen LogP contribution in [0.15, 0.2) is 4.47 Å². The van der Waals surface area contributed by atoms with E-state index in [4.69, 9.17) is 10.5 Å².